The molecule has 0 bridgehead atoms. The lowest BCUT2D eigenvalue weighted by Gasteiger charge is -2.30. The maximum absolute atomic E-state index is 12.6. The molecule has 1 aromatic carbocycles. The molecule has 1 saturated heterocycles. The first-order valence-electron chi connectivity index (χ1n) is 8.60. The Hall–Kier alpha value is -2.97. The molecule has 9 heteroatoms. The average molecular weight is 379 g/mol. The van der Waals surface area contributed by atoms with Crippen molar-refractivity contribution in [2.45, 2.75) is 44.3 Å². The Kier molecular flexibility index (Phi) is 5.38. The number of carbonyl (C=O) groups excluding carboxylic acids is 3. The number of benzene rings is 1. The zero-order valence-corrected chi connectivity index (χ0v) is 14.4. The number of rotatable bonds is 5. The molecule has 1 aliphatic carbocycles. The summed E-state index contributed by atoms with van der Waals surface area (Å²) in [6, 6.07) is 5.03. The van der Waals surface area contributed by atoms with Crippen molar-refractivity contribution in [3.63, 3.8) is 0 Å². The van der Waals surface area contributed by atoms with Gasteiger partial charge in [0, 0.05) is 6.08 Å². The summed E-state index contributed by atoms with van der Waals surface area (Å²) in [5.41, 5.74) is 1.93. The maximum Gasteiger partial charge on any atom is 0.387 e. The van der Waals surface area contributed by atoms with Gasteiger partial charge >= 0.3 is 12.6 Å². The van der Waals surface area contributed by atoms with Gasteiger partial charge in [-0.2, -0.15) is 13.8 Å². The van der Waals surface area contributed by atoms with Gasteiger partial charge in [-0.05, 0) is 36.6 Å². The highest BCUT2D eigenvalue weighted by atomic mass is 19.3. The fourth-order valence-corrected chi connectivity index (χ4v) is 3.30. The highest BCUT2D eigenvalue weighted by Gasteiger charge is 2.52. The molecule has 0 aromatic heterocycles. The monoisotopic (exact) mass is 379 g/mol. The molecule has 144 valence electrons. The van der Waals surface area contributed by atoms with E-state index in [1.807, 2.05) is 0 Å². The Balaban J connectivity index is 1.59. The molecule has 1 aliphatic heterocycles. The van der Waals surface area contributed by atoms with Gasteiger partial charge in [-0.15, -0.1) is 0 Å². The third-order valence-electron chi connectivity index (χ3n) is 4.62. The van der Waals surface area contributed by atoms with Crippen LogP contribution in [0.25, 0.3) is 6.08 Å². The molecular formula is C18H19F2N3O4. The van der Waals surface area contributed by atoms with Crippen LogP contribution in [-0.4, -0.2) is 35.0 Å². The number of amides is 4. The SMILES string of the molecule is O=C(/C=C/c1ccc(OC(F)F)cc1)NN1C(=O)NC2(CCCCC2)C1=O. The predicted octanol–water partition coefficient (Wildman–Crippen LogP) is 2.59. The molecule has 2 aliphatic rings. The summed E-state index contributed by atoms with van der Waals surface area (Å²) >= 11 is 0. The third-order valence-corrected chi connectivity index (χ3v) is 4.62. The van der Waals surface area contributed by atoms with Crippen molar-refractivity contribution >= 4 is 23.9 Å². The number of urea groups is 1. The molecule has 4 amide bonds. The second-order valence-corrected chi connectivity index (χ2v) is 6.47. The zero-order valence-electron chi connectivity index (χ0n) is 14.4. The largest absolute Gasteiger partial charge is 0.435 e. The second-order valence-electron chi connectivity index (χ2n) is 6.47. The second kappa shape index (κ2) is 7.73. The van der Waals surface area contributed by atoms with Gasteiger partial charge in [0.15, 0.2) is 0 Å². The van der Waals surface area contributed by atoms with E-state index in [1.165, 1.54) is 30.3 Å². The lowest BCUT2D eigenvalue weighted by molar-refractivity contribution is -0.138. The van der Waals surface area contributed by atoms with Gasteiger partial charge in [0.2, 0.25) is 0 Å². The van der Waals surface area contributed by atoms with Crippen LogP contribution in [0.3, 0.4) is 0 Å². The fraction of sp³-hybridized carbons (Fsp3) is 0.389. The number of hydrazine groups is 1. The lowest BCUT2D eigenvalue weighted by Crippen LogP contribution is -2.50. The van der Waals surface area contributed by atoms with Crippen molar-refractivity contribution in [2.24, 2.45) is 0 Å². The van der Waals surface area contributed by atoms with E-state index in [0.717, 1.165) is 30.3 Å². The maximum atomic E-state index is 12.6. The summed E-state index contributed by atoms with van der Waals surface area (Å²) in [6.45, 7) is -2.91. The summed E-state index contributed by atoms with van der Waals surface area (Å²) in [7, 11) is 0. The highest BCUT2D eigenvalue weighted by molar-refractivity contribution is 6.08. The predicted molar refractivity (Wildman–Crippen MR) is 91.4 cm³/mol. The summed E-state index contributed by atoms with van der Waals surface area (Å²) < 4.78 is 28.5. The first-order chi connectivity index (χ1) is 12.9. The number of nitrogens with one attached hydrogen (secondary N) is 2. The number of hydrogen-bond acceptors (Lipinski definition) is 4. The molecule has 1 aromatic rings. The fourth-order valence-electron chi connectivity index (χ4n) is 3.30. The van der Waals surface area contributed by atoms with Crippen LogP contribution in [0.15, 0.2) is 30.3 Å². The van der Waals surface area contributed by atoms with Gasteiger partial charge in [0.1, 0.15) is 11.3 Å². The highest BCUT2D eigenvalue weighted by Crippen LogP contribution is 2.32. The Bertz CT molecular complexity index is 758. The van der Waals surface area contributed by atoms with E-state index < -0.39 is 30.0 Å². The van der Waals surface area contributed by atoms with E-state index in [2.05, 4.69) is 15.5 Å². The molecule has 1 spiro atoms. The summed E-state index contributed by atoms with van der Waals surface area (Å²) in [5, 5.41) is 3.41. The van der Waals surface area contributed by atoms with E-state index >= 15 is 0 Å². The van der Waals surface area contributed by atoms with Crippen LogP contribution in [0.5, 0.6) is 5.75 Å². The van der Waals surface area contributed by atoms with Crippen LogP contribution in [0.4, 0.5) is 13.6 Å². The van der Waals surface area contributed by atoms with E-state index in [0.29, 0.717) is 18.4 Å². The first-order valence-corrected chi connectivity index (χ1v) is 8.60. The normalized spacial score (nSPS) is 19.0. The van der Waals surface area contributed by atoms with Gasteiger partial charge in [-0.1, -0.05) is 31.4 Å². The van der Waals surface area contributed by atoms with Crippen molar-refractivity contribution in [3.8, 4) is 5.75 Å². The molecule has 0 unspecified atom stereocenters. The molecule has 1 heterocycles. The standard InChI is InChI=1S/C18H19F2N3O4/c19-16(20)27-13-7-4-12(5-8-13)6-9-14(24)22-23-15(25)18(21-17(23)26)10-2-1-3-11-18/h4-9,16H,1-3,10-11H2,(H,21,26)(H,22,24)/b9-6+. The smallest absolute Gasteiger partial charge is 0.387 e. The van der Waals surface area contributed by atoms with Crippen molar-refractivity contribution in [2.75, 3.05) is 0 Å². The topological polar surface area (TPSA) is 87.7 Å². The Morgan fingerprint density at radius 1 is 1.19 bits per heavy atom. The number of nitrogens with zero attached hydrogens (tertiary/aromatic N) is 1. The summed E-state index contributed by atoms with van der Waals surface area (Å²) in [6.07, 6.45) is 6.41. The Morgan fingerprint density at radius 2 is 1.85 bits per heavy atom. The lowest BCUT2D eigenvalue weighted by atomic mass is 9.82. The van der Waals surface area contributed by atoms with Gasteiger partial charge in [0.25, 0.3) is 11.8 Å². The first kappa shape index (κ1) is 18.8. The van der Waals surface area contributed by atoms with E-state index in [9.17, 15) is 23.2 Å². The summed E-state index contributed by atoms with van der Waals surface area (Å²) in [5.74, 6) is -1.09. The van der Waals surface area contributed by atoms with Gasteiger partial charge < -0.3 is 10.1 Å². The van der Waals surface area contributed by atoms with Gasteiger partial charge in [0.05, 0.1) is 0 Å². The minimum absolute atomic E-state index is 0.00344. The van der Waals surface area contributed by atoms with E-state index in [4.69, 9.17) is 0 Å². The summed E-state index contributed by atoms with van der Waals surface area (Å²) in [4.78, 5) is 36.7. The number of carbonyl (C=O) groups is 3. The Labute approximate surface area is 154 Å². The minimum Gasteiger partial charge on any atom is -0.435 e. The number of ether oxygens (including phenoxy) is 1. The molecule has 2 N–H and O–H groups in total. The van der Waals surface area contributed by atoms with Crippen molar-refractivity contribution < 1.29 is 27.9 Å². The van der Waals surface area contributed by atoms with Crippen LogP contribution >= 0.6 is 0 Å². The van der Waals surface area contributed by atoms with Crippen molar-refractivity contribution in [1.82, 2.24) is 15.8 Å². The Morgan fingerprint density at radius 3 is 2.48 bits per heavy atom. The van der Waals surface area contributed by atoms with Crippen LogP contribution in [-0.2, 0) is 9.59 Å². The van der Waals surface area contributed by atoms with Crippen LogP contribution in [0.1, 0.15) is 37.7 Å². The molecule has 7 nitrogen and oxygen atoms in total. The van der Waals surface area contributed by atoms with Crippen LogP contribution < -0.4 is 15.5 Å². The van der Waals surface area contributed by atoms with Crippen LogP contribution in [0, 0.1) is 0 Å². The van der Waals surface area contributed by atoms with Crippen molar-refractivity contribution in [1.29, 1.82) is 0 Å². The van der Waals surface area contributed by atoms with Gasteiger partial charge in [-0.25, -0.2) is 4.79 Å². The minimum atomic E-state index is -2.91. The van der Waals surface area contributed by atoms with Crippen LogP contribution in [0.2, 0.25) is 0 Å². The number of hydrogen-bond donors (Lipinski definition) is 2. The molecule has 2 fully saturated rings. The molecule has 0 atom stereocenters. The molecule has 0 radical (unpaired) electrons. The van der Waals surface area contributed by atoms with E-state index in [1.54, 1.807) is 0 Å². The molecule has 27 heavy (non-hydrogen) atoms. The molecule has 1 saturated carbocycles. The number of halogens is 2. The van der Waals surface area contributed by atoms with Gasteiger partial charge in [-0.3, -0.25) is 15.0 Å². The third kappa shape index (κ3) is 4.24. The number of alkyl halides is 2. The van der Waals surface area contributed by atoms with E-state index in [-0.39, 0.29) is 5.75 Å². The molecular weight excluding hydrogens is 360 g/mol. The quantitative estimate of drug-likeness (QED) is 0.608. The van der Waals surface area contributed by atoms with Crippen molar-refractivity contribution in [3.05, 3.63) is 35.9 Å². The molecule has 3 rings (SSSR count). The zero-order chi connectivity index (χ0) is 19.4. The number of imide groups is 1. The average Bonchev–Trinajstić information content (AvgIpc) is 2.85.